The average molecular weight is 391 g/mol. The Balaban J connectivity index is 1.95. The van der Waals surface area contributed by atoms with E-state index in [9.17, 15) is 4.79 Å². The Kier molecular flexibility index (Phi) is 5.57. The molecule has 1 amide bonds. The van der Waals surface area contributed by atoms with Crippen LogP contribution in [0.4, 0.5) is 5.69 Å². The highest BCUT2D eigenvalue weighted by atomic mass is 35.5. The molecule has 25 heavy (non-hydrogen) atoms. The number of hydrogen-bond acceptors (Lipinski definition) is 4. The molecule has 2 heterocycles. The molecule has 130 valence electrons. The van der Waals surface area contributed by atoms with Crippen molar-refractivity contribution in [2.75, 3.05) is 5.32 Å². The number of benzene rings is 1. The number of thiazole rings is 1. The Hall–Kier alpha value is -1.69. The number of rotatable bonds is 5. The maximum Gasteiger partial charge on any atom is 0.267 e. The molecular weight excluding hydrogens is 372 g/mol. The molecule has 0 bridgehead atoms. The lowest BCUT2D eigenvalue weighted by atomic mass is 10.0. The molecule has 0 aliphatic carbocycles. The van der Waals surface area contributed by atoms with Gasteiger partial charge < -0.3 is 5.32 Å². The SMILES string of the molecule is CCc1ccc(Cl)c(CC)c1NC(=O)c1sc(-c2cccs2)nc1C. The van der Waals surface area contributed by atoms with Crippen LogP contribution in [0.3, 0.4) is 0 Å². The van der Waals surface area contributed by atoms with E-state index in [1.807, 2.05) is 43.5 Å². The van der Waals surface area contributed by atoms with Crippen molar-refractivity contribution in [1.82, 2.24) is 4.98 Å². The number of hydrogen-bond donors (Lipinski definition) is 1. The molecule has 0 saturated carbocycles. The van der Waals surface area contributed by atoms with Crippen LogP contribution in [0.1, 0.15) is 40.3 Å². The first-order valence-corrected chi connectivity index (χ1v) is 10.2. The lowest BCUT2D eigenvalue weighted by Gasteiger charge is -2.15. The summed E-state index contributed by atoms with van der Waals surface area (Å²) in [5.74, 6) is -0.121. The van der Waals surface area contributed by atoms with Gasteiger partial charge in [-0.1, -0.05) is 37.6 Å². The van der Waals surface area contributed by atoms with Crippen molar-refractivity contribution < 1.29 is 4.79 Å². The van der Waals surface area contributed by atoms with Crippen LogP contribution in [-0.4, -0.2) is 10.9 Å². The van der Waals surface area contributed by atoms with Crippen LogP contribution >= 0.6 is 34.3 Å². The maximum absolute atomic E-state index is 12.9. The molecule has 0 aliphatic rings. The molecule has 0 unspecified atom stereocenters. The van der Waals surface area contributed by atoms with Crippen LogP contribution in [0.25, 0.3) is 9.88 Å². The second-order valence-corrected chi connectivity index (χ2v) is 7.99. The van der Waals surface area contributed by atoms with Crippen molar-refractivity contribution in [2.24, 2.45) is 0 Å². The molecule has 0 fully saturated rings. The van der Waals surface area contributed by atoms with Crippen LogP contribution in [0.15, 0.2) is 29.6 Å². The number of nitrogens with one attached hydrogen (secondary N) is 1. The monoisotopic (exact) mass is 390 g/mol. The van der Waals surface area contributed by atoms with E-state index < -0.39 is 0 Å². The van der Waals surface area contributed by atoms with E-state index in [1.54, 1.807) is 11.3 Å². The van der Waals surface area contributed by atoms with E-state index in [4.69, 9.17) is 11.6 Å². The summed E-state index contributed by atoms with van der Waals surface area (Å²) in [5, 5.41) is 6.68. The quantitative estimate of drug-likeness (QED) is 0.562. The molecule has 0 radical (unpaired) electrons. The fourth-order valence-electron chi connectivity index (χ4n) is 2.75. The smallest absolute Gasteiger partial charge is 0.267 e. The highest BCUT2D eigenvalue weighted by Gasteiger charge is 2.19. The summed E-state index contributed by atoms with van der Waals surface area (Å²) in [6.07, 6.45) is 1.60. The van der Waals surface area contributed by atoms with Crippen molar-refractivity contribution in [3.05, 3.63) is 56.4 Å². The number of anilines is 1. The molecule has 1 aromatic carbocycles. The van der Waals surface area contributed by atoms with E-state index in [0.717, 1.165) is 45.2 Å². The molecule has 1 N–H and O–H groups in total. The van der Waals surface area contributed by atoms with Gasteiger partial charge in [0.15, 0.2) is 0 Å². The first kappa shape index (κ1) is 18.1. The Labute approximate surface area is 160 Å². The summed E-state index contributed by atoms with van der Waals surface area (Å²) in [4.78, 5) is 19.2. The number of carbonyl (C=O) groups is 1. The molecule has 0 atom stereocenters. The van der Waals surface area contributed by atoms with E-state index in [-0.39, 0.29) is 5.91 Å². The van der Waals surface area contributed by atoms with Gasteiger partial charge in [0.2, 0.25) is 0 Å². The van der Waals surface area contributed by atoms with E-state index >= 15 is 0 Å². The molecule has 3 aromatic rings. The zero-order valence-corrected chi connectivity index (χ0v) is 16.7. The van der Waals surface area contributed by atoms with Gasteiger partial charge in [0.1, 0.15) is 9.88 Å². The first-order chi connectivity index (χ1) is 12.0. The number of carbonyl (C=O) groups excluding carboxylic acids is 1. The molecular formula is C19H19ClN2OS2. The zero-order chi connectivity index (χ0) is 18.0. The van der Waals surface area contributed by atoms with Gasteiger partial charge in [-0.15, -0.1) is 22.7 Å². The number of halogens is 1. The maximum atomic E-state index is 12.9. The van der Waals surface area contributed by atoms with Gasteiger partial charge in [-0.25, -0.2) is 4.98 Å². The predicted octanol–water partition coefficient (Wildman–Crippen LogP) is 6.21. The summed E-state index contributed by atoms with van der Waals surface area (Å²) in [7, 11) is 0. The van der Waals surface area contributed by atoms with Crippen LogP contribution in [-0.2, 0) is 12.8 Å². The third-order valence-corrected chi connectivity index (χ3v) is 6.60. The summed E-state index contributed by atoms with van der Waals surface area (Å²) in [6, 6.07) is 7.89. The highest BCUT2D eigenvalue weighted by Crippen LogP contribution is 2.33. The van der Waals surface area contributed by atoms with Crippen LogP contribution < -0.4 is 5.32 Å². The Morgan fingerprint density at radius 3 is 2.68 bits per heavy atom. The van der Waals surface area contributed by atoms with Gasteiger partial charge in [-0.2, -0.15) is 0 Å². The van der Waals surface area contributed by atoms with Crippen molar-refractivity contribution in [3.63, 3.8) is 0 Å². The molecule has 0 aliphatic heterocycles. The number of nitrogens with zero attached hydrogens (tertiary/aromatic N) is 1. The second-order valence-electron chi connectivity index (χ2n) is 5.63. The van der Waals surface area contributed by atoms with Gasteiger partial charge in [-0.3, -0.25) is 4.79 Å². The third-order valence-electron chi connectivity index (χ3n) is 4.05. The number of aryl methyl sites for hydroxylation is 2. The predicted molar refractivity (Wildman–Crippen MR) is 108 cm³/mol. The van der Waals surface area contributed by atoms with Crippen LogP contribution in [0, 0.1) is 6.92 Å². The average Bonchev–Trinajstić information content (AvgIpc) is 3.24. The minimum atomic E-state index is -0.121. The fraction of sp³-hybridized carbons (Fsp3) is 0.263. The lowest BCUT2D eigenvalue weighted by Crippen LogP contribution is -2.15. The molecule has 0 spiro atoms. The van der Waals surface area contributed by atoms with Crippen molar-refractivity contribution in [3.8, 4) is 9.88 Å². The van der Waals surface area contributed by atoms with Crippen LogP contribution in [0.5, 0.6) is 0 Å². The van der Waals surface area contributed by atoms with Crippen molar-refractivity contribution in [2.45, 2.75) is 33.6 Å². The van der Waals surface area contributed by atoms with Crippen molar-refractivity contribution >= 4 is 45.9 Å². The zero-order valence-electron chi connectivity index (χ0n) is 14.4. The largest absolute Gasteiger partial charge is 0.321 e. The standard InChI is InChI=1S/C19H19ClN2OS2/c1-4-12-8-9-14(20)13(5-2)16(12)22-18(23)17-11(3)21-19(25-17)15-7-6-10-24-15/h6-10H,4-5H2,1-3H3,(H,22,23). The topological polar surface area (TPSA) is 42.0 Å². The lowest BCUT2D eigenvalue weighted by molar-refractivity contribution is 0.102. The van der Waals surface area contributed by atoms with E-state index in [1.165, 1.54) is 11.3 Å². The third kappa shape index (κ3) is 3.64. The van der Waals surface area contributed by atoms with Gasteiger partial charge in [0.05, 0.1) is 10.6 Å². The first-order valence-electron chi connectivity index (χ1n) is 8.18. The number of amides is 1. The summed E-state index contributed by atoms with van der Waals surface area (Å²) in [6.45, 7) is 6.00. The van der Waals surface area contributed by atoms with Gasteiger partial charge in [0.25, 0.3) is 5.91 Å². The van der Waals surface area contributed by atoms with Gasteiger partial charge >= 0.3 is 0 Å². The van der Waals surface area contributed by atoms with Gasteiger partial charge in [0, 0.05) is 10.7 Å². The van der Waals surface area contributed by atoms with E-state index in [2.05, 4.69) is 17.2 Å². The summed E-state index contributed by atoms with van der Waals surface area (Å²) >= 11 is 9.39. The van der Waals surface area contributed by atoms with Crippen molar-refractivity contribution in [1.29, 1.82) is 0 Å². The number of aromatic nitrogens is 1. The Morgan fingerprint density at radius 1 is 1.24 bits per heavy atom. The highest BCUT2D eigenvalue weighted by molar-refractivity contribution is 7.22. The Bertz CT molecular complexity index is 901. The minimum Gasteiger partial charge on any atom is -0.321 e. The summed E-state index contributed by atoms with van der Waals surface area (Å²) < 4.78 is 0. The normalized spacial score (nSPS) is 10.9. The molecule has 3 nitrogen and oxygen atoms in total. The molecule has 2 aromatic heterocycles. The second kappa shape index (κ2) is 7.68. The molecule has 6 heteroatoms. The molecule has 3 rings (SSSR count). The Morgan fingerprint density at radius 2 is 2.04 bits per heavy atom. The molecule has 0 saturated heterocycles. The minimum absolute atomic E-state index is 0.121. The van der Waals surface area contributed by atoms with E-state index in [0.29, 0.717) is 9.90 Å². The number of thiophene rings is 1. The van der Waals surface area contributed by atoms with Gasteiger partial charge in [-0.05, 0) is 48.4 Å². The van der Waals surface area contributed by atoms with Crippen LogP contribution in [0.2, 0.25) is 5.02 Å². The fourth-order valence-corrected chi connectivity index (χ4v) is 4.80. The summed E-state index contributed by atoms with van der Waals surface area (Å²) in [5.41, 5.74) is 3.67.